The number of hydrogen-bond donors (Lipinski definition) is 1. The van der Waals surface area contributed by atoms with Crippen LogP contribution in [0.5, 0.6) is 5.75 Å². The maximum atomic E-state index is 14.5. The Hall–Kier alpha value is -2.74. The van der Waals surface area contributed by atoms with Gasteiger partial charge in [-0.3, -0.25) is 4.68 Å². The number of fused-ring (bicyclic) bond motifs is 3. The van der Waals surface area contributed by atoms with Crippen molar-refractivity contribution in [1.82, 2.24) is 29.4 Å². The largest absolute Gasteiger partial charge is 0.494 e. The summed E-state index contributed by atoms with van der Waals surface area (Å²) in [6.45, 7) is 14.2. The molecule has 0 unspecified atom stereocenters. The number of nitrogens with two attached hydrogens (primary N) is 1. The van der Waals surface area contributed by atoms with Gasteiger partial charge in [0.1, 0.15) is 0 Å². The van der Waals surface area contributed by atoms with Gasteiger partial charge in [0, 0.05) is 57.7 Å². The van der Waals surface area contributed by atoms with Crippen molar-refractivity contribution in [1.29, 1.82) is 0 Å². The molecule has 0 spiro atoms. The maximum Gasteiger partial charge on any atom is 0.223 e. The van der Waals surface area contributed by atoms with E-state index < -0.39 is 5.82 Å². The molecule has 11 heteroatoms. The van der Waals surface area contributed by atoms with Crippen molar-refractivity contribution >= 4 is 28.2 Å². The van der Waals surface area contributed by atoms with Crippen LogP contribution in [0.15, 0.2) is 18.3 Å². The second-order valence-corrected chi connectivity index (χ2v) is 9.98. The summed E-state index contributed by atoms with van der Waals surface area (Å²) in [7, 11) is 1.42. The molecule has 0 aliphatic carbocycles. The van der Waals surface area contributed by atoms with Crippen molar-refractivity contribution in [2.45, 2.75) is 45.6 Å². The van der Waals surface area contributed by atoms with Crippen LogP contribution in [-0.2, 0) is 26.6 Å². The SMILES string of the molecule is [CH2-]C(C)(C)n1cc(N2C[C@@H](C)C[C@@H](c3nc4c5cc(F)c(OC)cc5nc(N)n4n3)C2)c(C)n1.[Mo]. The molecule has 5 rings (SSSR count). The van der Waals surface area contributed by atoms with Gasteiger partial charge < -0.3 is 22.3 Å². The first-order valence-corrected chi connectivity index (χ1v) is 11.4. The normalized spacial score (nSPS) is 18.8. The summed E-state index contributed by atoms with van der Waals surface area (Å²) in [5.41, 5.74) is 8.92. The summed E-state index contributed by atoms with van der Waals surface area (Å²) in [6, 6.07) is 2.91. The number of nitrogens with zero attached hydrogens (tertiary/aromatic N) is 7. The summed E-state index contributed by atoms with van der Waals surface area (Å²) in [5, 5.41) is 9.93. The van der Waals surface area contributed by atoms with Gasteiger partial charge in [0.25, 0.3) is 0 Å². The average molecular weight is 561 g/mol. The molecule has 3 aromatic heterocycles. The van der Waals surface area contributed by atoms with Gasteiger partial charge in [-0.1, -0.05) is 26.3 Å². The molecule has 186 valence electrons. The number of aryl methyl sites for hydroxylation is 1. The van der Waals surface area contributed by atoms with Gasteiger partial charge in [0.05, 0.1) is 24.0 Å². The van der Waals surface area contributed by atoms with Crippen molar-refractivity contribution in [3.05, 3.63) is 42.6 Å². The van der Waals surface area contributed by atoms with E-state index in [0.29, 0.717) is 28.3 Å². The molecule has 1 saturated heterocycles. The van der Waals surface area contributed by atoms with Gasteiger partial charge in [-0.2, -0.15) is 9.61 Å². The molecule has 1 aromatic carbocycles. The van der Waals surface area contributed by atoms with Gasteiger partial charge >= 0.3 is 0 Å². The molecule has 0 radical (unpaired) electrons. The minimum atomic E-state index is -0.480. The van der Waals surface area contributed by atoms with E-state index in [4.69, 9.17) is 20.6 Å². The Balaban J connectivity index is 0.00000289. The van der Waals surface area contributed by atoms with Crippen LogP contribution in [0.3, 0.4) is 0 Å². The molecule has 2 N–H and O–H groups in total. The zero-order valence-electron chi connectivity index (χ0n) is 20.6. The van der Waals surface area contributed by atoms with Gasteiger partial charge in [0.2, 0.25) is 5.95 Å². The average Bonchev–Trinajstić information content (AvgIpc) is 3.38. The van der Waals surface area contributed by atoms with Crippen molar-refractivity contribution in [2.75, 3.05) is 30.8 Å². The fraction of sp³-hybridized carbons (Fsp3) is 0.458. The molecular weight excluding hydrogens is 531 g/mol. The Morgan fingerprint density at radius 2 is 1.94 bits per heavy atom. The number of piperidine rings is 1. The molecule has 1 aliphatic rings. The summed E-state index contributed by atoms with van der Waals surface area (Å²) < 4.78 is 23.0. The zero-order chi connectivity index (χ0) is 24.4. The van der Waals surface area contributed by atoms with E-state index in [-0.39, 0.29) is 44.2 Å². The Morgan fingerprint density at radius 1 is 1.20 bits per heavy atom. The molecule has 0 bridgehead atoms. The van der Waals surface area contributed by atoms with Crippen molar-refractivity contribution in [3.8, 4) is 5.75 Å². The molecule has 0 amide bonds. The topological polar surface area (TPSA) is 99.4 Å². The fourth-order valence-corrected chi connectivity index (χ4v) is 4.78. The van der Waals surface area contributed by atoms with Gasteiger partial charge in [-0.25, -0.2) is 14.4 Å². The Kier molecular flexibility index (Phi) is 6.55. The fourth-order valence-electron chi connectivity index (χ4n) is 4.78. The number of benzene rings is 1. The number of anilines is 2. The van der Waals surface area contributed by atoms with Gasteiger partial charge in [0.15, 0.2) is 23.0 Å². The molecule has 0 saturated carbocycles. The number of aromatic nitrogens is 6. The molecular formula is C24H30FMoN8O-. The Bertz CT molecular complexity index is 1390. The van der Waals surface area contributed by atoms with Crippen LogP contribution in [0, 0.1) is 25.6 Å². The minimum absolute atomic E-state index is 0. The van der Waals surface area contributed by atoms with E-state index >= 15 is 0 Å². The zero-order valence-corrected chi connectivity index (χ0v) is 22.6. The quantitative estimate of drug-likeness (QED) is 0.300. The van der Waals surface area contributed by atoms with Crippen LogP contribution >= 0.6 is 0 Å². The van der Waals surface area contributed by atoms with E-state index in [1.165, 1.54) is 23.8 Å². The summed E-state index contributed by atoms with van der Waals surface area (Å²) >= 11 is 0. The van der Waals surface area contributed by atoms with Crippen LogP contribution in [0.2, 0.25) is 0 Å². The third-order valence-electron chi connectivity index (χ3n) is 6.45. The number of ether oxygens (including phenoxy) is 1. The summed E-state index contributed by atoms with van der Waals surface area (Å²) in [5.74, 6) is 1.01. The monoisotopic (exact) mass is 563 g/mol. The third-order valence-corrected chi connectivity index (χ3v) is 6.45. The minimum Gasteiger partial charge on any atom is -0.494 e. The van der Waals surface area contributed by atoms with Crippen LogP contribution in [-0.4, -0.2) is 49.6 Å². The van der Waals surface area contributed by atoms with E-state index in [0.717, 1.165) is 30.9 Å². The van der Waals surface area contributed by atoms with Gasteiger partial charge in [-0.05, 0) is 25.3 Å². The van der Waals surface area contributed by atoms with Crippen LogP contribution in [0.25, 0.3) is 16.6 Å². The first-order valence-electron chi connectivity index (χ1n) is 11.4. The van der Waals surface area contributed by atoms with Crippen LogP contribution < -0.4 is 15.4 Å². The van der Waals surface area contributed by atoms with Gasteiger partial charge in [-0.15, -0.1) is 5.10 Å². The number of hydrogen-bond acceptors (Lipinski definition) is 7. The Morgan fingerprint density at radius 3 is 2.60 bits per heavy atom. The molecule has 35 heavy (non-hydrogen) atoms. The van der Waals surface area contributed by atoms with E-state index in [2.05, 4.69) is 35.0 Å². The third kappa shape index (κ3) is 4.48. The predicted molar refractivity (Wildman–Crippen MR) is 130 cm³/mol. The van der Waals surface area contributed by atoms with E-state index in [1.54, 1.807) is 0 Å². The first-order chi connectivity index (χ1) is 16.0. The second kappa shape index (κ2) is 9.04. The molecule has 9 nitrogen and oxygen atoms in total. The molecule has 4 heterocycles. The van der Waals surface area contributed by atoms with Crippen molar-refractivity contribution in [3.63, 3.8) is 0 Å². The molecule has 4 aromatic rings. The van der Waals surface area contributed by atoms with E-state index in [9.17, 15) is 4.39 Å². The van der Waals surface area contributed by atoms with Crippen molar-refractivity contribution in [2.24, 2.45) is 5.92 Å². The number of methoxy groups -OCH3 is 1. The van der Waals surface area contributed by atoms with Crippen LogP contribution in [0.1, 0.15) is 44.6 Å². The van der Waals surface area contributed by atoms with Crippen molar-refractivity contribution < 1.29 is 30.2 Å². The number of halogens is 1. The molecule has 1 aliphatic heterocycles. The smallest absolute Gasteiger partial charge is 0.223 e. The second-order valence-electron chi connectivity index (χ2n) is 9.98. The first kappa shape index (κ1) is 25.4. The van der Waals surface area contributed by atoms with E-state index in [1.807, 2.05) is 25.5 Å². The Labute approximate surface area is 218 Å². The molecule has 1 fully saturated rings. The number of rotatable bonds is 4. The molecule has 2 atom stereocenters. The summed E-state index contributed by atoms with van der Waals surface area (Å²) in [4.78, 5) is 11.6. The predicted octanol–water partition coefficient (Wildman–Crippen LogP) is 3.71. The summed E-state index contributed by atoms with van der Waals surface area (Å²) in [6.07, 6.45) is 3.01. The number of nitrogen functional groups attached to an aromatic ring is 1. The standard InChI is InChI=1S/C24H30FN8O.Mo/c1-13-7-15(11-31(10-13)19-12-32(24(3,4)5)29-14(19)2)21-28-22-16-8-17(25)20(34-6)9-18(16)27-23(26)33(22)30-21;/h8-9,12-13,15H,3,7,10-11H2,1-2,4-6H3,(H2,26,27);/q-1;/t13-,15+;/m0./s1. The van der Waals surface area contributed by atoms with Crippen LogP contribution in [0.4, 0.5) is 16.0 Å². The maximum absolute atomic E-state index is 14.5.